The van der Waals surface area contributed by atoms with Crippen LogP contribution in [0.25, 0.3) is 0 Å². The minimum Gasteiger partial charge on any atom is -0.312 e. The number of carbonyl (C=O) groups excluding carboxylic acids is 2. The van der Waals surface area contributed by atoms with Gasteiger partial charge >= 0.3 is 0 Å². The van der Waals surface area contributed by atoms with Crippen LogP contribution in [0.1, 0.15) is 30.1 Å². The quantitative estimate of drug-likeness (QED) is 0.593. The van der Waals surface area contributed by atoms with Crippen molar-refractivity contribution < 1.29 is 9.59 Å². The summed E-state index contributed by atoms with van der Waals surface area (Å²) in [4.78, 5) is 25.9. The van der Waals surface area contributed by atoms with Gasteiger partial charge in [0, 0.05) is 30.8 Å². The van der Waals surface area contributed by atoms with Gasteiger partial charge < -0.3 is 4.90 Å². The van der Waals surface area contributed by atoms with Gasteiger partial charge in [-0.1, -0.05) is 23.9 Å². The molecule has 0 aliphatic carbocycles. The molecular formula is C15H17N5O2S. The average Bonchev–Trinajstić information content (AvgIpc) is 3.21. The fraction of sp³-hybridized carbons (Fsp3) is 0.400. The van der Waals surface area contributed by atoms with Crippen molar-refractivity contribution >= 4 is 29.1 Å². The Labute approximate surface area is 138 Å². The molecule has 1 aliphatic heterocycles. The number of hydrogen-bond donors (Lipinski definition) is 0. The van der Waals surface area contributed by atoms with E-state index in [4.69, 9.17) is 0 Å². The third kappa shape index (κ3) is 3.42. The molecule has 0 bridgehead atoms. The highest BCUT2D eigenvalue weighted by Gasteiger charge is 2.22. The van der Waals surface area contributed by atoms with Crippen molar-refractivity contribution in [3.63, 3.8) is 0 Å². The molecule has 8 heteroatoms. The number of tetrazole rings is 1. The number of anilines is 1. The van der Waals surface area contributed by atoms with E-state index in [-0.39, 0.29) is 17.4 Å². The lowest BCUT2D eigenvalue weighted by Gasteiger charge is -2.16. The lowest BCUT2D eigenvalue weighted by atomic mass is 10.1. The summed E-state index contributed by atoms with van der Waals surface area (Å²) in [7, 11) is 0. The van der Waals surface area contributed by atoms with Crippen LogP contribution in [0.4, 0.5) is 5.69 Å². The van der Waals surface area contributed by atoms with Crippen LogP contribution in [0.2, 0.25) is 0 Å². The Bertz CT molecular complexity index is 730. The maximum atomic E-state index is 12.4. The van der Waals surface area contributed by atoms with Crippen molar-refractivity contribution in [1.82, 2.24) is 20.2 Å². The first kappa shape index (κ1) is 15.7. The van der Waals surface area contributed by atoms with E-state index in [0.717, 1.165) is 18.7 Å². The van der Waals surface area contributed by atoms with Gasteiger partial charge in [0.2, 0.25) is 11.1 Å². The molecule has 0 saturated carbocycles. The average molecular weight is 331 g/mol. The molecule has 2 heterocycles. The van der Waals surface area contributed by atoms with E-state index >= 15 is 0 Å². The van der Waals surface area contributed by atoms with Crippen LogP contribution < -0.4 is 4.90 Å². The predicted molar refractivity (Wildman–Crippen MR) is 86.6 cm³/mol. The van der Waals surface area contributed by atoms with E-state index in [2.05, 4.69) is 15.5 Å². The highest BCUT2D eigenvalue weighted by atomic mass is 32.2. The maximum absolute atomic E-state index is 12.4. The van der Waals surface area contributed by atoms with Crippen molar-refractivity contribution in [2.75, 3.05) is 17.2 Å². The summed E-state index contributed by atoms with van der Waals surface area (Å²) in [5, 5.41) is 12.0. The van der Waals surface area contributed by atoms with Crippen LogP contribution in [-0.4, -0.2) is 44.2 Å². The lowest BCUT2D eigenvalue weighted by molar-refractivity contribution is -0.117. The minimum atomic E-state index is -0.00542. The van der Waals surface area contributed by atoms with Gasteiger partial charge in [0.25, 0.3) is 0 Å². The first-order chi connectivity index (χ1) is 11.2. The third-order valence-corrected chi connectivity index (χ3v) is 4.64. The molecule has 0 spiro atoms. The molecule has 0 N–H and O–H groups in total. The van der Waals surface area contributed by atoms with Gasteiger partial charge in [-0.25, -0.2) is 4.68 Å². The monoisotopic (exact) mass is 331 g/mol. The second kappa shape index (κ2) is 6.91. The van der Waals surface area contributed by atoms with E-state index in [1.165, 1.54) is 11.8 Å². The van der Waals surface area contributed by atoms with Gasteiger partial charge in [-0.15, -0.1) is 5.10 Å². The molecular weight excluding hydrogens is 314 g/mol. The van der Waals surface area contributed by atoms with Crippen molar-refractivity contribution in [3.8, 4) is 0 Å². The van der Waals surface area contributed by atoms with Crippen LogP contribution in [0.5, 0.6) is 0 Å². The first-order valence-corrected chi connectivity index (χ1v) is 8.50. The molecule has 1 aromatic heterocycles. The number of nitrogens with zero attached hydrogens (tertiary/aromatic N) is 5. The number of aromatic nitrogens is 4. The largest absolute Gasteiger partial charge is 0.312 e. The SMILES string of the molecule is CCn1nnnc1SCC(=O)c1cccc(N2CCCC2=O)c1. The normalized spacial score (nSPS) is 14.5. The van der Waals surface area contributed by atoms with Crippen molar-refractivity contribution in [3.05, 3.63) is 29.8 Å². The molecule has 2 aromatic rings. The molecule has 7 nitrogen and oxygen atoms in total. The van der Waals surface area contributed by atoms with Crippen LogP contribution >= 0.6 is 11.8 Å². The first-order valence-electron chi connectivity index (χ1n) is 7.51. The number of thioether (sulfide) groups is 1. The summed E-state index contributed by atoms with van der Waals surface area (Å²) in [6.07, 6.45) is 1.44. The summed E-state index contributed by atoms with van der Waals surface area (Å²) in [6.45, 7) is 3.32. The molecule has 0 radical (unpaired) electrons. The van der Waals surface area contributed by atoms with Crippen LogP contribution in [0.3, 0.4) is 0 Å². The zero-order chi connectivity index (χ0) is 16.2. The fourth-order valence-corrected chi connectivity index (χ4v) is 3.32. The number of Topliss-reactive ketones (excluding diaryl/α,β-unsaturated/α-hetero) is 1. The molecule has 1 aliphatic rings. The summed E-state index contributed by atoms with van der Waals surface area (Å²) in [5.41, 5.74) is 1.40. The minimum absolute atomic E-state index is 0.00542. The second-order valence-corrected chi connectivity index (χ2v) is 6.13. The van der Waals surface area contributed by atoms with Gasteiger partial charge in [0.1, 0.15) is 0 Å². The number of carbonyl (C=O) groups is 2. The zero-order valence-electron chi connectivity index (χ0n) is 12.8. The van der Waals surface area contributed by atoms with Gasteiger partial charge in [0.05, 0.1) is 5.75 Å². The van der Waals surface area contributed by atoms with Gasteiger partial charge in [-0.3, -0.25) is 9.59 Å². The Hall–Kier alpha value is -2.22. The Morgan fingerprint density at radius 2 is 2.26 bits per heavy atom. The van der Waals surface area contributed by atoms with Gasteiger partial charge in [0.15, 0.2) is 5.78 Å². The third-order valence-electron chi connectivity index (χ3n) is 3.68. The standard InChI is InChI=1S/C15H17N5O2S/c1-2-20-15(16-17-18-20)23-10-13(21)11-5-3-6-12(9-11)19-8-4-7-14(19)22/h3,5-6,9H,2,4,7-8,10H2,1H3. The zero-order valence-corrected chi connectivity index (χ0v) is 13.6. The Morgan fingerprint density at radius 3 is 3.00 bits per heavy atom. The number of amides is 1. The lowest BCUT2D eigenvalue weighted by Crippen LogP contribution is -2.23. The Balaban J connectivity index is 1.69. The molecule has 120 valence electrons. The number of benzene rings is 1. The van der Waals surface area contributed by atoms with E-state index in [9.17, 15) is 9.59 Å². The van der Waals surface area contributed by atoms with Crippen LogP contribution in [-0.2, 0) is 11.3 Å². The van der Waals surface area contributed by atoms with Gasteiger partial charge in [-0.2, -0.15) is 0 Å². The molecule has 1 fully saturated rings. The van der Waals surface area contributed by atoms with E-state index in [1.807, 2.05) is 19.1 Å². The maximum Gasteiger partial charge on any atom is 0.227 e. The topological polar surface area (TPSA) is 81.0 Å². The number of hydrogen-bond acceptors (Lipinski definition) is 6. The highest BCUT2D eigenvalue weighted by Crippen LogP contribution is 2.23. The molecule has 1 saturated heterocycles. The molecule has 3 rings (SSSR count). The second-order valence-electron chi connectivity index (χ2n) is 5.19. The number of aryl methyl sites for hydroxylation is 1. The summed E-state index contributed by atoms with van der Waals surface area (Å²) in [5.74, 6) is 0.373. The van der Waals surface area contributed by atoms with Crippen molar-refractivity contribution in [1.29, 1.82) is 0 Å². The van der Waals surface area contributed by atoms with Crippen molar-refractivity contribution in [2.45, 2.75) is 31.5 Å². The van der Waals surface area contributed by atoms with Gasteiger partial charge in [-0.05, 0) is 35.9 Å². The summed E-state index contributed by atoms with van der Waals surface area (Å²) >= 11 is 1.32. The summed E-state index contributed by atoms with van der Waals surface area (Å²) < 4.78 is 1.65. The molecule has 1 aromatic carbocycles. The van der Waals surface area contributed by atoms with E-state index in [0.29, 0.717) is 23.7 Å². The Morgan fingerprint density at radius 1 is 1.39 bits per heavy atom. The van der Waals surface area contributed by atoms with Crippen LogP contribution in [0.15, 0.2) is 29.4 Å². The number of ketones is 1. The molecule has 0 atom stereocenters. The predicted octanol–water partition coefficient (Wildman–Crippen LogP) is 1.79. The highest BCUT2D eigenvalue weighted by molar-refractivity contribution is 7.99. The molecule has 23 heavy (non-hydrogen) atoms. The van der Waals surface area contributed by atoms with E-state index < -0.39 is 0 Å². The smallest absolute Gasteiger partial charge is 0.227 e. The number of rotatable bonds is 6. The van der Waals surface area contributed by atoms with Crippen molar-refractivity contribution in [2.24, 2.45) is 0 Å². The molecule has 0 unspecified atom stereocenters. The summed E-state index contributed by atoms with van der Waals surface area (Å²) in [6, 6.07) is 7.24. The fourth-order valence-electron chi connectivity index (χ4n) is 2.48. The Kier molecular flexibility index (Phi) is 4.71. The molecule has 1 amide bonds. The van der Waals surface area contributed by atoms with E-state index in [1.54, 1.807) is 21.7 Å². The van der Waals surface area contributed by atoms with Crippen LogP contribution in [0, 0.1) is 0 Å².